The van der Waals surface area contributed by atoms with Gasteiger partial charge in [-0.15, -0.1) is 0 Å². The molecule has 0 saturated carbocycles. The Balaban J connectivity index is 2.74. The van der Waals surface area contributed by atoms with E-state index in [9.17, 15) is 0 Å². The van der Waals surface area contributed by atoms with Crippen molar-refractivity contribution in [3.63, 3.8) is 0 Å². The zero-order valence-corrected chi connectivity index (χ0v) is 12.3. The van der Waals surface area contributed by atoms with E-state index in [4.69, 9.17) is 4.74 Å². The molecule has 1 rings (SSSR count). The van der Waals surface area contributed by atoms with E-state index in [0.29, 0.717) is 0 Å². The van der Waals surface area contributed by atoms with Crippen LogP contribution in [0.15, 0.2) is 12.1 Å². The van der Waals surface area contributed by atoms with Crippen LogP contribution in [0.2, 0.25) is 0 Å². The van der Waals surface area contributed by atoms with Gasteiger partial charge in [-0.1, -0.05) is 6.07 Å². The lowest BCUT2D eigenvalue weighted by molar-refractivity contribution is 0.414. The highest BCUT2D eigenvalue weighted by atomic mass is 16.5. The smallest absolute Gasteiger partial charge is 0.142 e. The average molecular weight is 250 g/mol. The van der Waals surface area contributed by atoms with Crippen LogP contribution < -0.4 is 15.0 Å². The molecule has 0 bridgehead atoms. The first kappa shape index (κ1) is 14.8. The molecule has 0 heterocycles. The van der Waals surface area contributed by atoms with E-state index < -0.39 is 0 Å². The van der Waals surface area contributed by atoms with Crippen LogP contribution in [0.25, 0.3) is 0 Å². The Kier molecular flexibility index (Phi) is 5.99. The molecule has 0 saturated heterocycles. The zero-order chi connectivity index (χ0) is 13.5. The fraction of sp³-hybridized carbons (Fsp3) is 0.600. The highest BCUT2D eigenvalue weighted by Gasteiger charge is 2.11. The van der Waals surface area contributed by atoms with Gasteiger partial charge in [0.05, 0.1) is 12.8 Å². The van der Waals surface area contributed by atoms with Crippen molar-refractivity contribution < 1.29 is 4.74 Å². The number of unbranched alkanes of at least 4 members (excludes halogenated alkanes) is 1. The second-order valence-corrected chi connectivity index (χ2v) is 4.86. The summed E-state index contributed by atoms with van der Waals surface area (Å²) < 4.78 is 5.50. The molecule has 102 valence electrons. The van der Waals surface area contributed by atoms with Crippen LogP contribution in [0.1, 0.15) is 24.0 Å². The van der Waals surface area contributed by atoms with E-state index >= 15 is 0 Å². The number of hydrogen-bond donors (Lipinski definition) is 1. The van der Waals surface area contributed by atoms with Crippen LogP contribution in [0.5, 0.6) is 5.75 Å². The van der Waals surface area contributed by atoms with Crippen LogP contribution in [0.4, 0.5) is 5.69 Å². The molecule has 1 N–H and O–H groups in total. The van der Waals surface area contributed by atoms with Crippen molar-refractivity contribution in [2.45, 2.75) is 26.7 Å². The molecular weight excluding hydrogens is 224 g/mol. The summed E-state index contributed by atoms with van der Waals surface area (Å²) in [4.78, 5) is 2.29. The number of hydrogen-bond acceptors (Lipinski definition) is 3. The summed E-state index contributed by atoms with van der Waals surface area (Å²) in [6.07, 6.45) is 2.39. The van der Waals surface area contributed by atoms with E-state index in [0.717, 1.165) is 18.8 Å². The quantitative estimate of drug-likeness (QED) is 0.753. The van der Waals surface area contributed by atoms with Crippen LogP contribution in [0, 0.1) is 13.8 Å². The Morgan fingerprint density at radius 1 is 1.22 bits per heavy atom. The summed E-state index contributed by atoms with van der Waals surface area (Å²) in [6.45, 7) is 6.39. The van der Waals surface area contributed by atoms with Gasteiger partial charge in [0.2, 0.25) is 0 Å². The van der Waals surface area contributed by atoms with E-state index in [1.165, 1.54) is 29.7 Å². The van der Waals surface area contributed by atoms with Gasteiger partial charge in [-0.25, -0.2) is 0 Å². The number of nitrogens with zero attached hydrogens (tertiary/aromatic N) is 1. The first-order valence-electron chi connectivity index (χ1n) is 6.61. The van der Waals surface area contributed by atoms with Crippen LogP contribution in [0.3, 0.4) is 0 Å². The van der Waals surface area contributed by atoms with Crippen molar-refractivity contribution in [1.29, 1.82) is 0 Å². The number of benzene rings is 1. The lowest BCUT2D eigenvalue weighted by Gasteiger charge is -2.24. The van der Waals surface area contributed by atoms with Gasteiger partial charge in [-0.2, -0.15) is 0 Å². The zero-order valence-electron chi connectivity index (χ0n) is 12.3. The molecule has 0 spiro atoms. The summed E-state index contributed by atoms with van der Waals surface area (Å²) in [5.74, 6) is 0.976. The molecule has 1 aromatic carbocycles. The third-order valence-corrected chi connectivity index (χ3v) is 3.18. The highest BCUT2D eigenvalue weighted by molar-refractivity contribution is 5.64. The van der Waals surface area contributed by atoms with Gasteiger partial charge in [0.25, 0.3) is 0 Å². The van der Waals surface area contributed by atoms with Crippen LogP contribution in [-0.2, 0) is 0 Å². The minimum Gasteiger partial charge on any atom is -0.495 e. The second kappa shape index (κ2) is 7.27. The molecule has 0 atom stereocenters. The normalized spacial score (nSPS) is 10.5. The maximum absolute atomic E-state index is 5.50. The maximum atomic E-state index is 5.50. The predicted molar refractivity (Wildman–Crippen MR) is 78.9 cm³/mol. The summed E-state index contributed by atoms with van der Waals surface area (Å²) in [5.41, 5.74) is 3.74. The number of anilines is 1. The molecule has 0 unspecified atom stereocenters. The van der Waals surface area contributed by atoms with Gasteiger partial charge < -0.3 is 15.0 Å². The van der Waals surface area contributed by atoms with Gasteiger partial charge in [-0.3, -0.25) is 0 Å². The topological polar surface area (TPSA) is 24.5 Å². The Labute approximate surface area is 111 Å². The molecule has 3 heteroatoms. The van der Waals surface area contributed by atoms with E-state index in [1.54, 1.807) is 7.11 Å². The molecule has 1 aromatic rings. The second-order valence-electron chi connectivity index (χ2n) is 4.86. The van der Waals surface area contributed by atoms with Gasteiger partial charge in [0.1, 0.15) is 5.75 Å². The molecule has 0 aliphatic rings. The molecule has 0 amide bonds. The average Bonchev–Trinajstić information content (AvgIpc) is 2.33. The molecule has 0 radical (unpaired) electrons. The van der Waals surface area contributed by atoms with Crippen LogP contribution in [-0.4, -0.2) is 34.3 Å². The minimum atomic E-state index is 0.976. The van der Waals surface area contributed by atoms with Gasteiger partial charge >= 0.3 is 0 Å². The molecule has 18 heavy (non-hydrogen) atoms. The van der Waals surface area contributed by atoms with Gasteiger partial charge in [0.15, 0.2) is 0 Å². The molecule has 0 fully saturated rings. The number of methoxy groups -OCH3 is 1. The fourth-order valence-corrected chi connectivity index (χ4v) is 2.33. The fourth-order valence-electron chi connectivity index (χ4n) is 2.33. The van der Waals surface area contributed by atoms with Crippen molar-refractivity contribution >= 4 is 5.69 Å². The molecular formula is C15H26N2O. The summed E-state index contributed by atoms with van der Waals surface area (Å²) in [6, 6.07) is 4.31. The minimum absolute atomic E-state index is 0.976. The number of ether oxygens (including phenoxy) is 1. The first-order chi connectivity index (χ1) is 8.60. The highest BCUT2D eigenvalue weighted by Crippen LogP contribution is 2.32. The Morgan fingerprint density at radius 3 is 2.56 bits per heavy atom. The summed E-state index contributed by atoms with van der Waals surface area (Å²) in [5, 5.41) is 3.18. The van der Waals surface area contributed by atoms with E-state index in [2.05, 4.69) is 43.2 Å². The third kappa shape index (κ3) is 3.91. The maximum Gasteiger partial charge on any atom is 0.142 e. The van der Waals surface area contributed by atoms with Crippen molar-refractivity contribution in [3.05, 3.63) is 23.3 Å². The third-order valence-electron chi connectivity index (χ3n) is 3.18. The Morgan fingerprint density at radius 2 is 1.94 bits per heavy atom. The van der Waals surface area contributed by atoms with Crippen molar-refractivity contribution in [2.75, 3.05) is 39.2 Å². The van der Waals surface area contributed by atoms with Gasteiger partial charge in [-0.05, 0) is 57.5 Å². The van der Waals surface area contributed by atoms with Gasteiger partial charge in [0, 0.05) is 13.6 Å². The molecule has 0 aromatic heterocycles. The number of rotatable bonds is 7. The Bertz CT molecular complexity index is 377. The standard InChI is InChI=1S/C15H26N2O/c1-12-10-13(2)15(14(11-12)18-5)17(4)9-7-6-8-16-3/h10-11,16H,6-9H2,1-5H3. The number of aryl methyl sites for hydroxylation is 2. The SMILES string of the molecule is CNCCCCN(C)c1c(C)cc(C)cc1OC. The molecule has 0 aliphatic carbocycles. The summed E-state index contributed by atoms with van der Waals surface area (Å²) in [7, 11) is 5.88. The molecule has 0 aliphatic heterocycles. The van der Waals surface area contributed by atoms with Crippen molar-refractivity contribution in [3.8, 4) is 5.75 Å². The number of nitrogens with one attached hydrogen (secondary N) is 1. The lowest BCUT2D eigenvalue weighted by Crippen LogP contribution is -2.21. The van der Waals surface area contributed by atoms with Crippen molar-refractivity contribution in [2.24, 2.45) is 0 Å². The Hall–Kier alpha value is -1.22. The van der Waals surface area contributed by atoms with Crippen molar-refractivity contribution in [1.82, 2.24) is 5.32 Å². The molecule has 3 nitrogen and oxygen atoms in total. The first-order valence-corrected chi connectivity index (χ1v) is 6.61. The monoisotopic (exact) mass is 250 g/mol. The lowest BCUT2D eigenvalue weighted by atomic mass is 10.1. The largest absolute Gasteiger partial charge is 0.495 e. The van der Waals surface area contributed by atoms with E-state index in [-0.39, 0.29) is 0 Å². The predicted octanol–water partition coefficient (Wildman–Crippen LogP) is 2.75. The van der Waals surface area contributed by atoms with Crippen LogP contribution >= 0.6 is 0 Å². The van der Waals surface area contributed by atoms with E-state index in [1.807, 2.05) is 7.05 Å². The summed E-state index contributed by atoms with van der Waals surface area (Å²) >= 11 is 0.